The van der Waals surface area contributed by atoms with E-state index in [0.29, 0.717) is 23.4 Å². The molecule has 0 aromatic heterocycles. The molecule has 1 aliphatic heterocycles. The van der Waals surface area contributed by atoms with Crippen LogP contribution in [0.5, 0.6) is 5.75 Å². The molecule has 1 atom stereocenters. The lowest BCUT2D eigenvalue weighted by Gasteiger charge is -2.23. The molecule has 1 aliphatic rings. The molecule has 2 aromatic carbocycles. The summed E-state index contributed by atoms with van der Waals surface area (Å²) in [4.78, 5) is 26.2. The zero-order valence-electron chi connectivity index (χ0n) is 12.9. The molecule has 7 heteroatoms. The molecule has 24 heavy (non-hydrogen) atoms. The normalized spacial score (nSPS) is 17.0. The maximum Gasteiger partial charge on any atom is 0.341 e. The summed E-state index contributed by atoms with van der Waals surface area (Å²) >= 11 is 0. The number of methoxy groups -OCH3 is 1. The number of nitro groups is 1. The third-order valence-electron chi connectivity index (χ3n) is 3.84. The van der Waals surface area contributed by atoms with Crippen LogP contribution >= 0.6 is 0 Å². The Morgan fingerprint density at radius 1 is 1.25 bits per heavy atom. The van der Waals surface area contributed by atoms with Gasteiger partial charge in [0.25, 0.3) is 5.69 Å². The molecule has 1 N–H and O–H groups in total. The molecule has 0 spiro atoms. The van der Waals surface area contributed by atoms with E-state index < -0.39 is 11.0 Å². The fraction of sp³-hybridized carbons (Fsp3) is 0.176. The summed E-state index contributed by atoms with van der Waals surface area (Å²) in [6.45, 7) is 0. The van der Waals surface area contributed by atoms with E-state index in [9.17, 15) is 14.9 Å². The van der Waals surface area contributed by atoms with Gasteiger partial charge in [-0.1, -0.05) is 12.1 Å². The van der Waals surface area contributed by atoms with Gasteiger partial charge in [0.2, 0.25) is 0 Å². The summed E-state index contributed by atoms with van der Waals surface area (Å²) in [6, 6.07) is 12.8. The van der Waals surface area contributed by atoms with Crippen LogP contribution in [0.3, 0.4) is 0 Å². The molecule has 0 bridgehead atoms. The lowest BCUT2D eigenvalue weighted by atomic mass is 9.95. The predicted octanol–water partition coefficient (Wildman–Crippen LogP) is 3.25. The number of hydrogen-bond acceptors (Lipinski definition) is 4. The van der Waals surface area contributed by atoms with Crippen LogP contribution in [0.1, 0.15) is 23.6 Å². The van der Waals surface area contributed by atoms with Crippen molar-refractivity contribution in [3.63, 3.8) is 0 Å². The number of ether oxygens (including phenoxy) is 1. The Hall–Kier alpha value is -3.22. The molecule has 7 nitrogen and oxygen atoms in total. The zero-order chi connectivity index (χ0) is 17.1. The topological polar surface area (TPSA) is 93.8 Å². The summed E-state index contributed by atoms with van der Waals surface area (Å²) in [5, 5.41) is 13.6. The third kappa shape index (κ3) is 3.24. The van der Waals surface area contributed by atoms with Gasteiger partial charge in [-0.15, -0.1) is 0 Å². The van der Waals surface area contributed by atoms with Crippen molar-refractivity contribution in [1.82, 2.24) is 5.32 Å². The first-order valence-corrected chi connectivity index (χ1v) is 7.33. The number of carbonyl (C=O) groups is 1. The third-order valence-corrected chi connectivity index (χ3v) is 3.84. The first-order valence-electron chi connectivity index (χ1n) is 7.33. The highest BCUT2D eigenvalue weighted by Crippen LogP contribution is 2.26. The molecule has 1 heterocycles. The molecule has 122 valence electrons. The molecule has 2 amide bonds. The number of amides is 2. The van der Waals surface area contributed by atoms with Gasteiger partial charge in [0.05, 0.1) is 23.8 Å². The van der Waals surface area contributed by atoms with Crippen molar-refractivity contribution in [3.8, 4) is 5.75 Å². The van der Waals surface area contributed by atoms with E-state index in [1.165, 1.54) is 12.1 Å². The fourth-order valence-corrected chi connectivity index (χ4v) is 2.61. The molecule has 0 saturated carbocycles. The second-order valence-electron chi connectivity index (χ2n) is 5.35. The number of non-ortho nitro benzene ring substituents is 1. The number of aliphatic imine (C=N–C) groups is 1. The zero-order valence-corrected chi connectivity index (χ0v) is 12.9. The molecular weight excluding hydrogens is 310 g/mol. The van der Waals surface area contributed by atoms with Gasteiger partial charge in [0.1, 0.15) is 5.75 Å². The number of rotatable bonds is 4. The van der Waals surface area contributed by atoms with Gasteiger partial charge >= 0.3 is 6.03 Å². The number of benzene rings is 2. The summed E-state index contributed by atoms with van der Waals surface area (Å²) in [5.74, 6) is 0.709. The standard InChI is InChI=1S/C17H15N3O4/c1-24-14-4-2-3-12(9-14)16-10-15(18-17(21)19-16)11-5-7-13(8-6-11)20(22)23/h2-9,16H,10H2,1H3,(H,19,21). The highest BCUT2D eigenvalue weighted by Gasteiger charge is 2.24. The molecule has 0 aliphatic carbocycles. The van der Waals surface area contributed by atoms with Crippen LogP contribution < -0.4 is 10.1 Å². The van der Waals surface area contributed by atoms with Crippen molar-refractivity contribution in [2.75, 3.05) is 7.11 Å². The van der Waals surface area contributed by atoms with Crippen molar-refractivity contribution < 1.29 is 14.5 Å². The first kappa shape index (κ1) is 15.7. The SMILES string of the molecule is COc1cccc(C2CC(c3ccc([N+](=O)[O-])cc3)=NC(=O)N2)c1. The lowest BCUT2D eigenvalue weighted by molar-refractivity contribution is -0.384. The average molecular weight is 325 g/mol. The number of nitrogens with zero attached hydrogens (tertiary/aromatic N) is 2. The van der Waals surface area contributed by atoms with Crippen molar-refractivity contribution in [3.05, 3.63) is 69.8 Å². The molecule has 2 aromatic rings. The first-order chi connectivity index (χ1) is 11.6. The number of nitro benzene ring substituents is 1. The molecule has 0 radical (unpaired) electrons. The molecule has 0 saturated heterocycles. The maximum absolute atomic E-state index is 11.9. The molecular formula is C17H15N3O4. The number of urea groups is 1. The van der Waals surface area contributed by atoms with E-state index in [1.54, 1.807) is 19.2 Å². The summed E-state index contributed by atoms with van der Waals surface area (Å²) in [7, 11) is 1.59. The van der Waals surface area contributed by atoms with Gasteiger partial charge in [-0.05, 0) is 35.4 Å². The van der Waals surface area contributed by atoms with Crippen LogP contribution in [0.4, 0.5) is 10.5 Å². The molecule has 1 unspecified atom stereocenters. The molecule has 3 rings (SSSR count). The second kappa shape index (κ2) is 6.49. The summed E-state index contributed by atoms with van der Waals surface area (Å²) in [6.07, 6.45) is 0.497. The van der Waals surface area contributed by atoms with E-state index in [-0.39, 0.29) is 11.7 Å². The lowest BCUT2D eigenvalue weighted by Crippen LogP contribution is -2.33. The van der Waals surface area contributed by atoms with Crippen LogP contribution in [0.15, 0.2) is 53.5 Å². The Morgan fingerprint density at radius 2 is 2.00 bits per heavy atom. The monoisotopic (exact) mass is 325 g/mol. The van der Waals surface area contributed by atoms with Crippen LogP contribution in [-0.4, -0.2) is 23.8 Å². The number of carbonyl (C=O) groups excluding carboxylic acids is 1. The fourth-order valence-electron chi connectivity index (χ4n) is 2.61. The van der Waals surface area contributed by atoms with Crippen LogP contribution in [-0.2, 0) is 0 Å². The quantitative estimate of drug-likeness (QED) is 0.689. The Kier molecular flexibility index (Phi) is 4.24. The minimum atomic E-state index is -0.460. The van der Waals surface area contributed by atoms with Crippen LogP contribution in [0.2, 0.25) is 0 Å². The minimum absolute atomic E-state index is 0.00366. The Bertz CT molecular complexity index is 815. The number of nitrogens with one attached hydrogen (secondary N) is 1. The van der Waals surface area contributed by atoms with Gasteiger partial charge < -0.3 is 10.1 Å². The van der Waals surface area contributed by atoms with Crippen molar-refractivity contribution in [1.29, 1.82) is 0 Å². The highest BCUT2D eigenvalue weighted by atomic mass is 16.6. The van der Waals surface area contributed by atoms with Crippen molar-refractivity contribution in [2.24, 2.45) is 4.99 Å². The second-order valence-corrected chi connectivity index (χ2v) is 5.35. The summed E-state index contributed by atoms with van der Waals surface area (Å²) < 4.78 is 5.21. The van der Waals surface area contributed by atoms with Gasteiger partial charge in [-0.3, -0.25) is 10.1 Å². The van der Waals surface area contributed by atoms with Gasteiger partial charge in [-0.2, -0.15) is 4.99 Å². The van der Waals surface area contributed by atoms with Gasteiger partial charge in [-0.25, -0.2) is 4.79 Å². The maximum atomic E-state index is 11.9. The van der Waals surface area contributed by atoms with E-state index in [0.717, 1.165) is 5.56 Å². The Morgan fingerprint density at radius 3 is 2.67 bits per heavy atom. The van der Waals surface area contributed by atoms with Gasteiger partial charge in [0, 0.05) is 18.6 Å². The van der Waals surface area contributed by atoms with E-state index in [1.807, 2.05) is 24.3 Å². The van der Waals surface area contributed by atoms with E-state index in [2.05, 4.69) is 10.3 Å². The Balaban J connectivity index is 1.87. The van der Waals surface area contributed by atoms with Gasteiger partial charge in [0.15, 0.2) is 0 Å². The van der Waals surface area contributed by atoms with E-state index >= 15 is 0 Å². The number of hydrogen-bond donors (Lipinski definition) is 1. The van der Waals surface area contributed by atoms with Crippen LogP contribution in [0, 0.1) is 10.1 Å². The van der Waals surface area contributed by atoms with Crippen molar-refractivity contribution in [2.45, 2.75) is 12.5 Å². The minimum Gasteiger partial charge on any atom is -0.497 e. The highest BCUT2D eigenvalue weighted by molar-refractivity contribution is 6.08. The summed E-state index contributed by atoms with van der Waals surface area (Å²) in [5.41, 5.74) is 2.21. The van der Waals surface area contributed by atoms with Crippen LogP contribution in [0.25, 0.3) is 0 Å². The van der Waals surface area contributed by atoms with E-state index in [4.69, 9.17) is 4.74 Å². The average Bonchev–Trinajstić information content (AvgIpc) is 2.61. The largest absolute Gasteiger partial charge is 0.497 e. The Labute approximate surface area is 138 Å². The van der Waals surface area contributed by atoms with Crippen molar-refractivity contribution >= 4 is 17.4 Å². The predicted molar refractivity (Wildman–Crippen MR) is 88.5 cm³/mol. The smallest absolute Gasteiger partial charge is 0.341 e. The molecule has 0 fully saturated rings.